The molecule has 1 aliphatic carbocycles. The van der Waals surface area contributed by atoms with Crippen molar-refractivity contribution in [3.05, 3.63) is 29.8 Å². The molecule has 0 unspecified atom stereocenters. The van der Waals surface area contributed by atoms with Crippen molar-refractivity contribution in [1.29, 1.82) is 0 Å². The van der Waals surface area contributed by atoms with Gasteiger partial charge in [-0.2, -0.15) is 0 Å². The highest BCUT2D eigenvalue weighted by Crippen LogP contribution is 2.21. The maximum Gasteiger partial charge on any atom is 0.193 e. The van der Waals surface area contributed by atoms with Crippen LogP contribution in [-0.2, 0) is 0 Å². The summed E-state index contributed by atoms with van der Waals surface area (Å²) in [4.78, 5) is 6.81. The zero-order chi connectivity index (χ0) is 14.4. The summed E-state index contributed by atoms with van der Waals surface area (Å²) >= 11 is 0. The van der Waals surface area contributed by atoms with Crippen molar-refractivity contribution in [1.82, 2.24) is 4.90 Å². The smallest absolute Gasteiger partial charge is 0.193 e. The second-order valence-electron chi connectivity index (χ2n) is 5.68. The third kappa shape index (κ3) is 4.53. The van der Waals surface area contributed by atoms with Gasteiger partial charge in [0, 0.05) is 18.3 Å². The molecule has 1 aromatic carbocycles. The van der Waals surface area contributed by atoms with E-state index < -0.39 is 0 Å². The van der Waals surface area contributed by atoms with Gasteiger partial charge in [-0.05, 0) is 38.9 Å². The fraction of sp³-hybridized carbons (Fsp3) is 0.562. The Morgan fingerprint density at radius 1 is 1.30 bits per heavy atom. The Kier molecular flexibility index (Phi) is 5.41. The molecule has 0 heterocycles. The first-order valence-electron chi connectivity index (χ1n) is 7.49. The number of hydrogen-bond donors (Lipinski definition) is 2. The second-order valence-corrected chi connectivity index (χ2v) is 5.68. The van der Waals surface area contributed by atoms with Crippen molar-refractivity contribution in [2.45, 2.75) is 38.6 Å². The van der Waals surface area contributed by atoms with E-state index in [0.29, 0.717) is 5.96 Å². The molecule has 1 fully saturated rings. The highest BCUT2D eigenvalue weighted by molar-refractivity contribution is 5.92. The van der Waals surface area contributed by atoms with Crippen molar-refractivity contribution in [3.8, 4) is 0 Å². The topological polar surface area (TPSA) is 53.6 Å². The normalized spacial score (nSPS) is 16.9. The van der Waals surface area contributed by atoms with E-state index in [1.54, 1.807) is 0 Å². The van der Waals surface area contributed by atoms with Crippen molar-refractivity contribution in [3.63, 3.8) is 0 Å². The average Bonchev–Trinajstić information content (AvgIpc) is 2.95. The molecule has 1 saturated carbocycles. The van der Waals surface area contributed by atoms with E-state index in [1.807, 2.05) is 12.1 Å². The molecule has 20 heavy (non-hydrogen) atoms. The van der Waals surface area contributed by atoms with Gasteiger partial charge in [-0.15, -0.1) is 0 Å². The zero-order valence-corrected chi connectivity index (χ0v) is 12.6. The predicted octanol–water partition coefficient (Wildman–Crippen LogP) is 2.60. The molecule has 0 aliphatic heterocycles. The van der Waals surface area contributed by atoms with Gasteiger partial charge in [-0.25, -0.2) is 0 Å². The van der Waals surface area contributed by atoms with Gasteiger partial charge in [0.15, 0.2) is 5.96 Å². The van der Waals surface area contributed by atoms with E-state index >= 15 is 0 Å². The van der Waals surface area contributed by atoms with Crippen LogP contribution in [0.3, 0.4) is 0 Å². The summed E-state index contributed by atoms with van der Waals surface area (Å²) in [7, 11) is 2.19. The maximum absolute atomic E-state index is 5.90. The quantitative estimate of drug-likeness (QED) is 0.641. The maximum atomic E-state index is 5.90. The minimum absolute atomic E-state index is 0.494. The Hall–Kier alpha value is -1.55. The van der Waals surface area contributed by atoms with Crippen molar-refractivity contribution in [2.75, 3.05) is 25.5 Å². The summed E-state index contributed by atoms with van der Waals surface area (Å²) in [5, 5.41) is 3.12. The second kappa shape index (κ2) is 7.29. The lowest BCUT2D eigenvalue weighted by Crippen LogP contribution is -2.32. The number of aliphatic imine (C=N–C) groups is 1. The van der Waals surface area contributed by atoms with Crippen LogP contribution >= 0.6 is 0 Å². The van der Waals surface area contributed by atoms with Crippen molar-refractivity contribution >= 4 is 11.6 Å². The third-order valence-electron chi connectivity index (χ3n) is 4.01. The lowest BCUT2D eigenvalue weighted by Gasteiger charge is -2.22. The number of rotatable bonds is 5. The number of guanidine groups is 1. The van der Waals surface area contributed by atoms with E-state index in [0.717, 1.165) is 24.8 Å². The Balaban J connectivity index is 1.74. The molecule has 0 atom stereocenters. The van der Waals surface area contributed by atoms with E-state index in [4.69, 9.17) is 5.73 Å². The minimum atomic E-state index is 0.494. The van der Waals surface area contributed by atoms with Gasteiger partial charge in [-0.1, -0.05) is 30.5 Å². The largest absolute Gasteiger partial charge is 0.370 e. The SMILES string of the molecule is Cc1ccc(NC(N)=NCCN(C)C2CCCC2)cc1. The first kappa shape index (κ1) is 14.9. The van der Waals surface area contributed by atoms with E-state index in [1.165, 1.54) is 31.2 Å². The van der Waals surface area contributed by atoms with Crippen LogP contribution in [0.5, 0.6) is 0 Å². The monoisotopic (exact) mass is 274 g/mol. The number of likely N-dealkylation sites (N-methyl/N-ethyl adjacent to an activating group) is 1. The number of aryl methyl sites for hydroxylation is 1. The van der Waals surface area contributed by atoms with E-state index in [-0.39, 0.29) is 0 Å². The number of nitrogens with one attached hydrogen (secondary N) is 1. The van der Waals surface area contributed by atoms with Crippen LogP contribution in [0.4, 0.5) is 5.69 Å². The lowest BCUT2D eigenvalue weighted by molar-refractivity contribution is 0.252. The molecule has 110 valence electrons. The van der Waals surface area contributed by atoms with Crippen LogP contribution in [0.2, 0.25) is 0 Å². The number of nitrogens with zero attached hydrogens (tertiary/aromatic N) is 2. The van der Waals surface area contributed by atoms with Gasteiger partial charge in [0.05, 0.1) is 6.54 Å². The van der Waals surface area contributed by atoms with Crippen LogP contribution < -0.4 is 11.1 Å². The molecule has 0 radical (unpaired) electrons. The number of anilines is 1. The minimum Gasteiger partial charge on any atom is -0.370 e. The molecule has 4 nitrogen and oxygen atoms in total. The average molecular weight is 274 g/mol. The summed E-state index contributed by atoms with van der Waals surface area (Å²) in [6.45, 7) is 3.79. The molecule has 1 aromatic rings. The zero-order valence-electron chi connectivity index (χ0n) is 12.6. The van der Waals surface area contributed by atoms with Gasteiger partial charge in [0.1, 0.15) is 0 Å². The molecule has 0 amide bonds. The molecule has 0 saturated heterocycles. The van der Waals surface area contributed by atoms with Crippen molar-refractivity contribution < 1.29 is 0 Å². The van der Waals surface area contributed by atoms with Gasteiger partial charge < -0.3 is 16.0 Å². The molecule has 3 N–H and O–H groups in total. The molecule has 0 aromatic heterocycles. The molecule has 1 aliphatic rings. The molecular formula is C16H26N4. The van der Waals surface area contributed by atoms with Gasteiger partial charge in [0.2, 0.25) is 0 Å². The summed E-state index contributed by atoms with van der Waals surface area (Å²) in [5.41, 5.74) is 8.13. The molecule has 4 heteroatoms. The Labute approximate surface area is 122 Å². The first-order valence-corrected chi connectivity index (χ1v) is 7.49. The summed E-state index contributed by atoms with van der Waals surface area (Å²) in [6, 6.07) is 8.90. The summed E-state index contributed by atoms with van der Waals surface area (Å²) < 4.78 is 0. The van der Waals surface area contributed by atoms with Crippen LogP contribution in [0, 0.1) is 6.92 Å². The van der Waals surface area contributed by atoms with E-state index in [9.17, 15) is 0 Å². The van der Waals surface area contributed by atoms with E-state index in [2.05, 4.69) is 41.3 Å². The first-order chi connectivity index (χ1) is 9.65. The molecule has 2 rings (SSSR count). The molecule has 0 spiro atoms. The fourth-order valence-electron chi connectivity index (χ4n) is 2.68. The predicted molar refractivity (Wildman–Crippen MR) is 86.2 cm³/mol. The Bertz CT molecular complexity index is 432. The van der Waals surface area contributed by atoms with Crippen LogP contribution in [0.1, 0.15) is 31.2 Å². The van der Waals surface area contributed by atoms with Crippen LogP contribution in [0.15, 0.2) is 29.3 Å². The van der Waals surface area contributed by atoms with Gasteiger partial charge >= 0.3 is 0 Å². The van der Waals surface area contributed by atoms with Crippen molar-refractivity contribution in [2.24, 2.45) is 10.7 Å². The third-order valence-corrected chi connectivity index (χ3v) is 4.01. The standard InChI is InChI=1S/C16H26N4/c1-13-7-9-14(10-8-13)19-16(17)18-11-12-20(2)15-5-3-4-6-15/h7-10,15H,3-6,11-12H2,1-2H3,(H3,17,18,19). The fourth-order valence-corrected chi connectivity index (χ4v) is 2.68. The summed E-state index contributed by atoms with van der Waals surface area (Å²) in [6.07, 6.45) is 5.40. The molecule has 0 bridgehead atoms. The Morgan fingerprint density at radius 3 is 2.60 bits per heavy atom. The highest BCUT2D eigenvalue weighted by atomic mass is 15.2. The van der Waals surface area contributed by atoms with Gasteiger partial charge in [-0.3, -0.25) is 4.99 Å². The van der Waals surface area contributed by atoms with Gasteiger partial charge in [0.25, 0.3) is 0 Å². The highest BCUT2D eigenvalue weighted by Gasteiger charge is 2.18. The number of nitrogens with two attached hydrogens (primary N) is 1. The Morgan fingerprint density at radius 2 is 1.95 bits per heavy atom. The summed E-state index contributed by atoms with van der Waals surface area (Å²) in [5.74, 6) is 0.494. The number of hydrogen-bond acceptors (Lipinski definition) is 2. The van der Waals surface area contributed by atoms with Crippen LogP contribution in [0.25, 0.3) is 0 Å². The number of benzene rings is 1. The lowest BCUT2D eigenvalue weighted by atomic mass is 10.2. The van der Waals surface area contributed by atoms with Crippen LogP contribution in [-0.4, -0.2) is 37.0 Å². The molecular weight excluding hydrogens is 248 g/mol.